The van der Waals surface area contributed by atoms with Crippen molar-refractivity contribution in [2.24, 2.45) is 5.92 Å². The van der Waals surface area contributed by atoms with Crippen LogP contribution in [0.4, 0.5) is 4.39 Å². The maximum atomic E-state index is 14.0. The van der Waals surface area contributed by atoms with Crippen LogP contribution in [-0.4, -0.2) is 30.6 Å². The van der Waals surface area contributed by atoms with Gasteiger partial charge in [0.25, 0.3) is 0 Å². The summed E-state index contributed by atoms with van der Waals surface area (Å²) in [5.41, 5.74) is 1.56. The Kier molecular flexibility index (Phi) is 5.90. The summed E-state index contributed by atoms with van der Waals surface area (Å²) in [4.78, 5) is 2.11. The maximum absolute atomic E-state index is 14.0. The molecule has 2 aromatic rings. The fraction of sp³-hybridized carbons (Fsp3) is 0.391. The molecule has 0 aromatic heterocycles. The second kappa shape index (κ2) is 8.15. The first-order valence-corrected chi connectivity index (χ1v) is 9.39. The smallest absolute Gasteiger partial charge is 0.123 e. The zero-order valence-corrected chi connectivity index (χ0v) is 15.7. The normalized spacial score (nSPS) is 25.4. The van der Waals surface area contributed by atoms with Crippen molar-refractivity contribution in [3.05, 3.63) is 77.1 Å². The predicted molar refractivity (Wildman–Crippen MR) is 105 cm³/mol. The third-order valence-corrected chi connectivity index (χ3v) is 5.32. The molecule has 0 aliphatic heterocycles. The van der Waals surface area contributed by atoms with E-state index in [2.05, 4.69) is 11.0 Å². The van der Waals surface area contributed by atoms with Crippen molar-refractivity contribution in [1.82, 2.24) is 4.90 Å². The van der Waals surface area contributed by atoms with E-state index < -0.39 is 5.60 Å². The molecule has 3 heteroatoms. The van der Waals surface area contributed by atoms with Crippen LogP contribution in [0.1, 0.15) is 36.8 Å². The minimum atomic E-state index is -1.15. The molecular formula is C23H28FNO. The van der Waals surface area contributed by atoms with Crippen LogP contribution in [0, 0.1) is 11.7 Å². The third kappa shape index (κ3) is 4.05. The van der Waals surface area contributed by atoms with Crippen molar-refractivity contribution >= 4 is 6.08 Å². The molecule has 1 fully saturated rings. The summed E-state index contributed by atoms with van der Waals surface area (Å²) < 4.78 is 14.0. The van der Waals surface area contributed by atoms with E-state index in [1.165, 1.54) is 12.1 Å². The largest absolute Gasteiger partial charge is 0.380 e. The molecule has 1 aliphatic rings. The fourth-order valence-electron chi connectivity index (χ4n) is 4.11. The van der Waals surface area contributed by atoms with Crippen molar-refractivity contribution in [3.8, 4) is 0 Å². The van der Waals surface area contributed by atoms with E-state index in [0.29, 0.717) is 5.56 Å². The van der Waals surface area contributed by atoms with Crippen LogP contribution < -0.4 is 0 Å². The topological polar surface area (TPSA) is 23.5 Å². The van der Waals surface area contributed by atoms with Crippen LogP contribution in [0.2, 0.25) is 0 Å². The summed E-state index contributed by atoms with van der Waals surface area (Å²) in [5.74, 6) is -0.278. The van der Waals surface area contributed by atoms with E-state index >= 15 is 0 Å². The van der Waals surface area contributed by atoms with E-state index in [1.807, 2.05) is 50.5 Å². The molecule has 0 amide bonds. The second-order valence-electron chi connectivity index (χ2n) is 7.56. The molecule has 2 unspecified atom stereocenters. The fourth-order valence-corrected chi connectivity index (χ4v) is 4.11. The number of benzene rings is 2. The monoisotopic (exact) mass is 353 g/mol. The van der Waals surface area contributed by atoms with Gasteiger partial charge in [-0.25, -0.2) is 4.39 Å². The molecule has 0 heterocycles. The first-order chi connectivity index (χ1) is 12.5. The molecule has 2 aromatic carbocycles. The molecule has 0 spiro atoms. The van der Waals surface area contributed by atoms with Crippen molar-refractivity contribution in [3.63, 3.8) is 0 Å². The van der Waals surface area contributed by atoms with Crippen molar-refractivity contribution in [1.29, 1.82) is 0 Å². The Morgan fingerprint density at radius 3 is 2.58 bits per heavy atom. The van der Waals surface area contributed by atoms with Gasteiger partial charge in [0.1, 0.15) is 11.4 Å². The first-order valence-electron chi connectivity index (χ1n) is 9.39. The predicted octanol–water partition coefficient (Wildman–Crippen LogP) is 4.85. The Morgan fingerprint density at radius 1 is 1.12 bits per heavy atom. The number of aliphatic hydroxyl groups is 1. The lowest BCUT2D eigenvalue weighted by Crippen LogP contribution is -2.41. The second-order valence-corrected chi connectivity index (χ2v) is 7.56. The lowest BCUT2D eigenvalue weighted by molar-refractivity contribution is 0.000251. The molecule has 1 saturated carbocycles. The highest BCUT2D eigenvalue weighted by molar-refractivity contribution is 5.57. The van der Waals surface area contributed by atoms with Gasteiger partial charge >= 0.3 is 0 Å². The molecule has 26 heavy (non-hydrogen) atoms. The Balaban J connectivity index is 2.14. The number of hydrogen-bond donors (Lipinski definition) is 1. The Hall–Kier alpha value is -1.97. The minimum Gasteiger partial charge on any atom is -0.380 e. The van der Waals surface area contributed by atoms with Crippen molar-refractivity contribution in [2.45, 2.75) is 31.3 Å². The quantitative estimate of drug-likeness (QED) is 0.795. The Morgan fingerprint density at radius 2 is 1.88 bits per heavy atom. The van der Waals surface area contributed by atoms with E-state index in [9.17, 15) is 9.50 Å². The minimum absolute atomic E-state index is 0.0248. The van der Waals surface area contributed by atoms with Gasteiger partial charge in [-0.05, 0) is 62.2 Å². The standard InChI is InChI=1S/C23H28FNO/c1-25(2)17-21-12-7-6-11-19(15-18-9-4-3-5-10-18)23(21,26)20-13-8-14-22(24)16-20/h3-5,8-10,13-16,21,26H,6-7,11-12,17H2,1-2H3/b19-15-. The van der Waals surface area contributed by atoms with Crippen LogP contribution in [0.25, 0.3) is 6.08 Å². The molecule has 1 N–H and O–H groups in total. The average molecular weight is 353 g/mol. The molecule has 0 radical (unpaired) electrons. The molecule has 2 nitrogen and oxygen atoms in total. The Bertz CT molecular complexity index is 756. The molecule has 0 bridgehead atoms. The van der Waals surface area contributed by atoms with Crippen LogP contribution in [0.3, 0.4) is 0 Å². The van der Waals surface area contributed by atoms with Crippen molar-refractivity contribution in [2.75, 3.05) is 20.6 Å². The summed E-state index contributed by atoms with van der Waals surface area (Å²) in [5, 5.41) is 12.0. The highest BCUT2D eigenvalue weighted by Gasteiger charge is 2.43. The summed E-state index contributed by atoms with van der Waals surface area (Å²) >= 11 is 0. The zero-order valence-electron chi connectivity index (χ0n) is 15.7. The van der Waals surface area contributed by atoms with Crippen LogP contribution in [-0.2, 0) is 5.60 Å². The molecule has 138 valence electrons. The van der Waals surface area contributed by atoms with E-state index in [1.54, 1.807) is 6.07 Å². The zero-order chi connectivity index (χ0) is 18.6. The molecule has 3 rings (SSSR count). The number of halogens is 1. The van der Waals surface area contributed by atoms with Gasteiger partial charge in [-0.3, -0.25) is 0 Å². The highest BCUT2D eigenvalue weighted by atomic mass is 19.1. The van der Waals surface area contributed by atoms with Gasteiger partial charge in [-0.1, -0.05) is 55.0 Å². The lowest BCUT2D eigenvalue weighted by atomic mass is 9.74. The van der Waals surface area contributed by atoms with Gasteiger partial charge in [0, 0.05) is 12.5 Å². The summed E-state index contributed by atoms with van der Waals surface area (Å²) in [7, 11) is 4.05. The summed E-state index contributed by atoms with van der Waals surface area (Å²) in [6.07, 6.45) is 5.96. The SMILES string of the molecule is CN(C)CC1CCCC/C(=C/c2ccccc2)C1(O)c1cccc(F)c1. The van der Waals surface area contributed by atoms with Crippen LogP contribution in [0.15, 0.2) is 60.2 Å². The van der Waals surface area contributed by atoms with Gasteiger partial charge in [0.2, 0.25) is 0 Å². The number of nitrogens with zero attached hydrogens (tertiary/aromatic N) is 1. The van der Waals surface area contributed by atoms with Gasteiger partial charge in [-0.2, -0.15) is 0 Å². The summed E-state index contributed by atoms with van der Waals surface area (Å²) in [6.45, 7) is 0.763. The highest BCUT2D eigenvalue weighted by Crippen LogP contribution is 2.45. The van der Waals surface area contributed by atoms with Gasteiger partial charge in [-0.15, -0.1) is 0 Å². The summed E-state index contributed by atoms with van der Waals surface area (Å²) in [6, 6.07) is 16.6. The van der Waals surface area contributed by atoms with Crippen molar-refractivity contribution < 1.29 is 9.50 Å². The molecular weight excluding hydrogens is 325 g/mol. The van der Waals surface area contributed by atoms with E-state index in [-0.39, 0.29) is 11.7 Å². The average Bonchev–Trinajstić information content (AvgIpc) is 2.77. The number of hydrogen-bond acceptors (Lipinski definition) is 2. The molecule has 0 saturated heterocycles. The van der Waals surface area contributed by atoms with Gasteiger partial charge < -0.3 is 10.0 Å². The maximum Gasteiger partial charge on any atom is 0.123 e. The van der Waals surface area contributed by atoms with Crippen LogP contribution in [0.5, 0.6) is 0 Å². The lowest BCUT2D eigenvalue weighted by Gasteiger charge is -2.39. The molecule has 1 aliphatic carbocycles. The van der Waals surface area contributed by atoms with E-state index in [4.69, 9.17) is 0 Å². The third-order valence-electron chi connectivity index (χ3n) is 5.32. The Labute approximate surface area is 156 Å². The first kappa shape index (κ1) is 18.8. The van der Waals surface area contributed by atoms with Gasteiger partial charge in [0.05, 0.1) is 0 Å². The van der Waals surface area contributed by atoms with Crippen LogP contribution >= 0.6 is 0 Å². The number of rotatable bonds is 4. The van der Waals surface area contributed by atoms with E-state index in [0.717, 1.165) is 43.4 Å². The molecule has 2 atom stereocenters. The van der Waals surface area contributed by atoms with Gasteiger partial charge in [0.15, 0.2) is 0 Å².